The van der Waals surface area contributed by atoms with Crippen LogP contribution in [-0.4, -0.2) is 12.4 Å². The van der Waals surface area contributed by atoms with Crippen LogP contribution in [0.2, 0.25) is 10.0 Å². The number of halogens is 2. The van der Waals surface area contributed by atoms with Crippen molar-refractivity contribution < 1.29 is 14.3 Å². The van der Waals surface area contributed by atoms with Gasteiger partial charge in [0.2, 0.25) is 5.78 Å². The van der Waals surface area contributed by atoms with Gasteiger partial charge in [0, 0.05) is 6.07 Å². The van der Waals surface area contributed by atoms with E-state index >= 15 is 0 Å². The summed E-state index contributed by atoms with van der Waals surface area (Å²) in [7, 11) is 0. The molecule has 2 aromatic carbocycles. The monoisotopic (exact) mass is 388 g/mol. The summed E-state index contributed by atoms with van der Waals surface area (Å²) in [5.74, 6) is 1.28. The molecule has 0 amide bonds. The number of ketones is 1. The average molecular weight is 389 g/mol. The molecule has 0 fully saturated rings. The SMILES string of the molecule is CC(C)=CCOc1cc(C)c2c(c1)O/C(=C\c1ccc(Cl)c(Cl)c1)C2=O. The molecule has 26 heavy (non-hydrogen) atoms. The van der Waals surface area contributed by atoms with E-state index in [1.165, 1.54) is 5.57 Å². The van der Waals surface area contributed by atoms with Crippen LogP contribution in [0.3, 0.4) is 0 Å². The second-order valence-electron chi connectivity index (χ2n) is 6.32. The fourth-order valence-corrected chi connectivity index (χ4v) is 2.93. The molecule has 0 saturated heterocycles. The standard InChI is InChI=1S/C21H18Cl2O3/c1-12(2)6-7-25-15-8-13(3)20-18(11-15)26-19(21(20)24)10-14-4-5-16(22)17(23)9-14/h4-6,8-11H,7H2,1-3H3/b19-10-. The van der Waals surface area contributed by atoms with E-state index in [1.54, 1.807) is 30.3 Å². The number of benzene rings is 2. The topological polar surface area (TPSA) is 35.5 Å². The predicted molar refractivity (Wildman–Crippen MR) is 106 cm³/mol. The molecule has 0 bridgehead atoms. The summed E-state index contributed by atoms with van der Waals surface area (Å²) in [5.41, 5.74) is 3.30. The highest BCUT2D eigenvalue weighted by molar-refractivity contribution is 6.42. The van der Waals surface area contributed by atoms with Crippen molar-refractivity contribution >= 4 is 35.1 Å². The summed E-state index contributed by atoms with van der Waals surface area (Å²) >= 11 is 12.0. The van der Waals surface area contributed by atoms with Crippen molar-refractivity contribution in [1.82, 2.24) is 0 Å². The first-order valence-corrected chi connectivity index (χ1v) is 8.91. The number of rotatable bonds is 4. The molecule has 1 heterocycles. The minimum Gasteiger partial charge on any atom is -0.489 e. The minimum atomic E-state index is -0.153. The zero-order valence-corrected chi connectivity index (χ0v) is 16.2. The minimum absolute atomic E-state index is 0.153. The second kappa shape index (κ2) is 7.56. The summed E-state index contributed by atoms with van der Waals surface area (Å²) < 4.78 is 11.5. The van der Waals surface area contributed by atoms with Gasteiger partial charge in [-0.1, -0.05) is 34.8 Å². The molecule has 2 aromatic rings. The molecule has 1 aliphatic rings. The Labute approximate surface area is 162 Å². The van der Waals surface area contributed by atoms with E-state index in [9.17, 15) is 4.79 Å². The van der Waals surface area contributed by atoms with Crippen molar-refractivity contribution in [2.45, 2.75) is 20.8 Å². The third-order valence-corrected chi connectivity index (χ3v) is 4.67. The summed E-state index contributed by atoms with van der Waals surface area (Å²) in [6.45, 7) is 6.37. The van der Waals surface area contributed by atoms with E-state index in [2.05, 4.69) is 0 Å². The second-order valence-corrected chi connectivity index (χ2v) is 7.13. The molecule has 5 heteroatoms. The van der Waals surface area contributed by atoms with Crippen molar-refractivity contribution in [3.63, 3.8) is 0 Å². The molecular formula is C21H18Cl2O3. The van der Waals surface area contributed by atoms with Gasteiger partial charge in [-0.15, -0.1) is 0 Å². The van der Waals surface area contributed by atoms with Crippen LogP contribution in [0.25, 0.3) is 6.08 Å². The summed E-state index contributed by atoms with van der Waals surface area (Å²) in [6.07, 6.45) is 3.65. The maximum atomic E-state index is 12.7. The number of allylic oxidation sites excluding steroid dienone is 2. The first-order chi connectivity index (χ1) is 12.3. The van der Waals surface area contributed by atoms with E-state index in [-0.39, 0.29) is 11.5 Å². The Hall–Kier alpha value is -2.23. The average Bonchev–Trinajstić information content (AvgIpc) is 2.87. The lowest BCUT2D eigenvalue weighted by Crippen LogP contribution is -2.00. The molecule has 134 valence electrons. The van der Waals surface area contributed by atoms with Crippen LogP contribution in [0.5, 0.6) is 11.5 Å². The summed E-state index contributed by atoms with van der Waals surface area (Å²) in [6, 6.07) is 8.75. The molecule has 0 radical (unpaired) electrons. The Bertz CT molecular complexity index is 939. The molecule has 3 nitrogen and oxygen atoms in total. The Balaban J connectivity index is 1.88. The third-order valence-electron chi connectivity index (χ3n) is 3.93. The Kier molecular flexibility index (Phi) is 5.40. The van der Waals surface area contributed by atoms with Crippen molar-refractivity contribution in [2.75, 3.05) is 6.61 Å². The van der Waals surface area contributed by atoms with Crippen LogP contribution in [-0.2, 0) is 0 Å². The lowest BCUT2D eigenvalue weighted by Gasteiger charge is -2.07. The predicted octanol–water partition coefficient (Wildman–Crippen LogP) is 6.26. The molecule has 0 spiro atoms. The van der Waals surface area contributed by atoms with Gasteiger partial charge in [0.25, 0.3) is 0 Å². The highest BCUT2D eigenvalue weighted by atomic mass is 35.5. The van der Waals surface area contributed by atoms with Gasteiger partial charge in [-0.3, -0.25) is 4.79 Å². The molecule has 0 N–H and O–H groups in total. The quantitative estimate of drug-likeness (QED) is 0.457. The Morgan fingerprint density at radius 1 is 1.15 bits per heavy atom. The van der Waals surface area contributed by atoms with E-state index < -0.39 is 0 Å². The van der Waals surface area contributed by atoms with Crippen LogP contribution < -0.4 is 9.47 Å². The number of carbonyl (C=O) groups excluding carboxylic acids is 1. The van der Waals surface area contributed by atoms with Gasteiger partial charge in [0.05, 0.1) is 15.6 Å². The van der Waals surface area contributed by atoms with Crippen LogP contribution in [0.1, 0.15) is 35.3 Å². The van der Waals surface area contributed by atoms with Gasteiger partial charge in [-0.05, 0) is 62.2 Å². The van der Waals surface area contributed by atoms with Gasteiger partial charge in [0.1, 0.15) is 18.1 Å². The number of aryl methyl sites for hydroxylation is 1. The largest absolute Gasteiger partial charge is 0.489 e. The van der Waals surface area contributed by atoms with E-state index in [0.717, 1.165) is 11.1 Å². The van der Waals surface area contributed by atoms with Crippen molar-refractivity contribution in [1.29, 1.82) is 0 Å². The number of carbonyl (C=O) groups is 1. The number of hydrogen-bond donors (Lipinski definition) is 0. The van der Waals surface area contributed by atoms with Crippen LogP contribution >= 0.6 is 23.2 Å². The highest BCUT2D eigenvalue weighted by Crippen LogP contribution is 2.37. The normalized spacial score (nSPS) is 14.2. The molecule has 3 rings (SSSR count). The molecule has 0 saturated carbocycles. The molecule has 0 atom stereocenters. The third kappa shape index (κ3) is 3.95. The zero-order valence-electron chi connectivity index (χ0n) is 14.7. The van der Waals surface area contributed by atoms with Crippen molar-refractivity contribution in [3.8, 4) is 11.5 Å². The zero-order chi connectivity index (χ0) is 18.8. The number of Topliss-reactive ketones (excluding diaryl/α,β-unsaturated/α-hetero) is 1. The highest BCUT2D eigenvalue weighted by Gasteiger charge is 2.30. The van der Waals surface area contributed by atoms with E-state index in [0.29, 0.717) is 33.7 Å². The van der Waals surface area contributed by atoms with Crippen LogP contribution in [0.15, 0.2) is 47.7 Å². The first-order valence-electron chi connectivity index (χ1n) is 8.15. The molecule has 0 aromatic heterocycles. The molecule has 0 unspecified atom stereocenters. The lowest BCUT2D eigenvalue weighted by molar-refractivity contribution is 0.101. The number of hydrogen-bond acceptors (Lipinski definition) is 3. The fraction of sp³-hybridized carbons (Fsp3) is 0.190. The van der Waals surface area contributed by atoms with Crippen molar-refractivity contribution in [2.24, 2.45) is 0 Å². The fourth-order valence-electron chi connectivity index (χ4n) is 2.62. The Morgan fingerprint density at radius 3 is 2.62 bits per heavy atom. The smallest absolute Gasteiger partial charge is 0.232 e. The molecule has 0 aliphatic carbocycles. The summed E-state index contributed by atoms with van der Waals surface area (Å²) in [5, 5.41) is 0.889. The van der Waals surface area contributed by atoms with Gasteiger partial charge in [0.15, 0.2) is 5.76 Å². The van der Waals surface area contributed by atoms with Crippen LogP contribution in [0, 0.1) is 6.92 Å². The first kappa shape index (κ1) is 18.6. The van der Waals surface area contributed by atoms with E-state index in [1.807, 2.05) is 32.9 Å². The van der Waals surface area contributed by atoms with Gasteiger partial charge >= 0.3 is 0 Å². The van der Waals surface area contributed by atoms with Gasteiger partial charge in [-0.2, -0.15) is 0 Å². The van der Waals surface area contributed by atoms with Gasteiger partial charge in [-0.25, -0.2) is 0 Å². The maximum Gasteiger partial charge on any atom is 0.232 e. The van der Waals surface area contributed by atoms with Crippen molar-refractivity contribution in [3.05, 3.63) is 74.5 Å². The summed E-state index contributed by atoms with van der Waals surface area (Å²) in [4.78, 5) is 12.7. The Morgan fingerprint density at radius 2 is 1.92 bits per heavy atom. The maximum absolute atomic E-state index is 12.7. The number of ether oxygens (including phenoxy) is 2. The lowest BCUT2D eigenvalue weighted by atomic mass is 10.0. The number of fused-ring (bicyclic) bond motifs is 1. The molecular weight excluding hydrogens is 371 g/mol. The van der Waals surface area contributed by atoms with Crippen LogP contribution in [0.4, 0.5) is 0 Å². The molecule has 1 aliphatic heterocycles. The van der Waals surface area contributed by atoms with Gasteiger partial charge < -0.3 is 9.47 Å². The van der Waals surface area contributed by atoms with E-state index in [4.69, 9.17) is 32.7 Å².